The zero-order chi connectivity index (χ0) is 21.0. The number of carbonyl (C=O) groups is 1. The van der Waals surface area contributed by atoms with E-state index in [2.05, 4.69) is 46.4 Å². The molecular weight excluding hydrogens is 433 g/mol. The fraction of sp³-hybridized carbons (Fsp3) is 0.0417. The van der Waals surface area contributed by atoms with Gasteiger partial charge in [0.15, 0.2) is 5.16 Å². The van der Waals surface area contributed by atoms with E-state index in [-0.39, 0.29) is 62.8 Å². The van der Waals surface area contributed by atoms with Crippen molar-refractivity contribution in [3.8, 4) is 0 Å². The van der Waals surface area contributed by atoms with Crippen LogP contribution in [-0.4, -0.2) is 15.9 Å². The standard InChI is InChI=1S/C24H19N3O2S.K/c25-21-20(22(28)29)16-26-23(27-21)30-24(17-10-4-1-5-11-17,18-12-6-2-7-13-18)19-14-8-3-9-15-19;/h1-16H,(H,28,29)(H2,25,26,27);/q;+1/p-1. The van der Waals surface area contributed by atoms with Crippen LogP contribution in [0, 0.1) is 0 Å². The van der Waals surface area contributed by atoms with E-state index in [4.69, 9.17) is 5.73 Å². The Balaban J connectivity index is 0.00000272. The van der Waals surface area contributed by atoms with Gasteiger partial charge < -0.3 is 15.6 Å². The maximum Gasteiger partial charge on any atom is 1.00 e. The van der Waals surface area contributed by atoms with Gasteiger partial charge in [-0.25, -0.2) is 9.97 Å². The second-order valence-corrected chi connectivity index (χ2v) is 7.80. The average molecular weight is 452 g/mol. The molecule has 0 atom stereocenters. The normalized spacial score (nSPS) is 10.8. The van der Waals surface area contributed by atoms with E-state index in [1.54, 1.807) is 0 Å². The first-order valence-electron chi connectivity index (χ1n) is 9.30. The largest absolute Gasteiger partial charge is 1.00 e. The third-order valence-electron chi connectivity index (χ3n) is 4.80. The number of hydrogen-bond acceptors (Lipinski definition) is 6. The molecule has 0 aliphatic heterocycles. The number of anilines is 1. The Labute approximate surface area is 227 Å². The van der Waals surface area contributed by atoms with Crippen LogP contribution in [0.1, 0.15) is 27.0 Å². The van der Waals surface area contributed by atoms with Crippen molar-refractivity contribution in [3.63, 3.8) is 0 Å². The van der Waals surface area contributed by atoms with Gasteiger partial charge in [-0.15, -0.1) is 0 Å². The monoisotopic (exact) mass is 451 g/mol. The molecule has 0 amide bonds. The van der Waals surface area contributed by atoms with Crippen molar-refractivity contribution >= 4 is 23.5 Å². The molecular formula is C24H18KN3O2S. The molecule has 0 saturated carbocycles. The van der Waals surface area contributed by atoms with Crippen molar-refractivity contribution in [2.45, 2.75) is 9.90 Å². The number of carboxylic acid groups (broad SMARTS) is 1. The van der Waals surface area contributed by atoms with Gasteiger partial charge in [0.1, 0.15) is 5.82 Å². The number of carbonyl (C=O) groups excluding carboxylic acids is 1. The molecule has 31 heavy (non-hydrogen) atoms. The number of carboxylic acids is 1. The van der Waals surface area contributed by atoms with Crippen LogP contribution in [0.5, 0.6) is 0 Å². The van der Waals surface area contributed by atoms with E-state index in [0.29, 0.717) is 5.16 Å². The summed E-state index contributed by atoms with van der Waals surface area (Å²) in [5.41, 5.74) is 8.77. The van der Waals surface area contributed by atoms with Crippen molar-refractivity contribution in [1.29, 1.82) is 0 Å². The number of rotatable bonds is 6. The number of aromatic carboxylic acids is 1. The molecule has 0 fully saturated rings. The predicted octanol–water partition coefficient (Wildman–Crippen LogP) is 0.510. The van der Waals surface area contributed by atoms with E-state index < -0.39 is 10.7 Å². The topological polar surface area (TPSA) is 91.9 Å². The van der Waals surface area contributed by atoms with Crippen molar-refractivity contribution < 1.29 is 61.3 Å². The molecule has 0 spiro atoms. The van der Waals surface area contributed by atoms with Crippen LogP contribution in [0.25, 0.3) is 0 Å². The Kier molecular flexibility index (Phi) is 8.04. The molecule has 3 aromatic carbocycles. The van der Waals surface area contributed by atoms with Gasteiger partial charge in [0.05, 0.1) is 16.3 Å². The first kappa shape index (κ1) is 23.7. The summed E-state index contributed by atoms with van der Waals surface area (Å²) in [6.07, 6.45) is 1.20. The van der Waals surface area contributed by atoms with Crippen LogP contribution in [0.15, 0.2) is 102 Å². The Morgan fingerprint density at radius 3 is 1.58 bits per heavy atom. The van der Waals surface area contributed by atoms with Gasteiger partial charge >= 0.3 is 51.4 Å². The number of aromatic nitrogens is 2. The SMILES string of the molecule is Nc1nc(SC(c2ccccc2)(c2ccccc2)c2ccccc2)ncc1C(=O)[O-].[K+]. The van der Waals surface area contributed by atoms with Crippen molar-refractivity contribution in [2.24, 2.45) is 0 Å². The first-order valence-corrected chi connectivity index (χ1v) is 10.1. The summed E-state index contributed by atoms with van der Waals surface area (Å²) in [4.78, 5) is 19.7. The minimum atomic E-state index is -1.40. The average Bonchev–Trinajstić information content (AvgIpc) is 2.79. The molecule has 7 heteroatoms. The van der Waals surface area contributed by atoms with Crippen molar-refractivity contribution in [1.82, 2.24) is 9.97 Å². The Bertz CT molecular complexity index is 1060. The molecule has 0 aliphatic rings. The van der Waals surface area contributed by atoms with Crippen LogP contribution in [0.3, 0.4) is 0 Å². The Morgan fingerprint density at radius 1 is 0.806 bits per heavy atom. The summed E-state index contributed by atoms with van der Waals surface area (Å²) in [5, 5.41) is 11.6. The Hall–Kier alpha value is -2.00. The summed E-state index contributed by atoms with van der Waals surface area (Å²) >= 11 is 1.41. The molecule has 4 rings (SSSR count). The van der Waals surface area contributed by atoms with E-state index in [1.807, 2.05) is 54.6 Å². The van der Waals surface area contributed by atoms with Gasteiger partial charge in [-0.05, 0) is 16.7 Å². The van der Waals surface area contributed by atoms with Gasteiger partial charge in [0, 0.05) is 6.20 Å². The fourth-order valence-corrected chi connectivity index (χ4v) is 4.70. The quantitative estimate of drug-likeness (QED) is 0.199. The molecule has 0 saturated heterocycles. The smallest absolute Gasteiger partial charge is 0.545 e. The molecule has 1 heterocycles. The number of nitrogen functional groups attached to an aromatic ring is 1. The molecule has 2 N–H and O–H groups in total. The number of benzene rings is 3. The van der Waals surface area contributed by atoms with Crippen molar-refractivity contribution in [2.75, 3.05) is 5.73 Å². The van der Waals surface area contributed by atoms with E-state index in [1.165, 1.54) is 18.0 Å². The molecule has 0 unspecified atom stereocenters. The minimum Gasteiger partial charge on any atom is -0.545 e. The molecule has 148 valence electrons. The zero-order valence-electron chi connectivity index (χ0n) is 16.9. The number of nitrogens with zero attached hydrogens (tertiary/aromatic N) is 2. The van der Waals surface area contributed by atoms with Crippen LogP contribution in [-0.2, 0) is 4.75 Å². The third-order valence-corrected chi connectivity index (χ3v) is 6.19. The molecule has 0 bridgehead atoms. The summed E-state index contributed by atoms with van der Waals surface area (Å²) in [6.45, 7) is 0. The van der Waals surface area contributed by atoms with Gasteiger partial charge in [0.2, 0.25) is 0 Å². The Morgan fingerprint density at radius 2 is 1.23 bits per heavy atom. The van der Waals surface area contributed by atoms with E-state index in [9.17, 15) is 9.90 Å². The number of thioether (sulfide) groups is 1. The first-order chi connectivity index (χ1) is 14.6. The van der Waals surface area contributed by atoms with Gasteiger partial charge in [-0.3, -0.25) is 0 Å². The molecule has 1 aromatic heterocycles. The predicted molar refractivity (Wildman–Crippen MR) is 116 cm³/mol. The van der Waals surface area contributed by atoms with Crippen molar-refractivity contribution in [3.05, 3.63) is 119 Å². The minimum absolute atomic E-state index is 0. The van der Waals surface area contributed by atoms with Crippen LogP contribution >= 0.6 is 11.8 Å². The molecule has 4 aromatic rings. The van der Waals surface area contributed by atoms with Crippen LogP contribution in [0.4, 0.5) is 5.82 Å². The molecule has 5 nitrogen and oxygen atoms in total. The molecule has 0 radical (unpaired) electrons. The second kappa shape index (κ2) is 10.5. The number of hydrogen-bond donors (Lipinski definition) is 1. The third kappa shape index (κ3) is 4.92. The van der Waals surface area contributed by atoms with E-state index >= 15 is 0 Å². The van der Waals surface area contributed by atoms with Gasteiger partial charge in [0.25, 0.3) is 0 Å². The fourth-order valence-electron chi connectivity index (χ4n) is 3.42. The molecule has 0 aliphatic carbocycles. The van der Waals surface area contributed by atoms with E-state index in [0.717, 1.165) is 16.7 Å². The summed E-state index contributed by atoms with van der Waals surface area (Å²) < 4.78 is -0.667. The van der Waals surface area contributed by atoms with Crippen LogP contribution in [0.2, 0.25) is 0 Å². The maximum atomic E-state index is 11.2. The second-order valence-electron chi connectivity index (χ2n) is 6.62. The number of nitrogens with two attached hydrogens (primary N) is 1. The summed E-state index contributed by atoms with van der Waals surface area (Å²) in [7, 11) is 0. The summed E-state index contributed by atoms with van der Waals surface area (Å²) in [5.74, 6) is -1.51. The summed E-state index contributed by atoms with van der Waals surface area (Å²) in [6, 6.07) is 30.2. The van der Waals surface area contributed by atoms with Crippen LogP contribution < -0.4 is 62.2 Å². The van der Waals surface area contributed by atoms with Gasteiger partial charge in [-0.2, -0.15) is 0 Å². The zero-order valence-corrected chi connectivity index (χ0v) is 20.9. The maximum absolute atomic E-state index is 11.2. The van der Waals surface area contributed by atoms with Gasteiger partial charge in [-0.1, -0.05) is 103 Å².